The first kappa shape index (κ1) is 10.7. The van der Waals surface area contributed by atoms with Crippen molar-refractivity contribution in [3.63, 3.8) is 0 Å². The Morgan fingerprint density at radius 2 is 2.18 bits per heavy atom. The first-order valence-electron chi connectivity index (χ1n) is 5.86. The van der Waals surface area contributed by atoms with Gasteiger partial charge >= 0.3 is 0 Å². The van der Waals surface area contributed by atoms with Crippen LogP contribution in [0.5, 0.6) is 0 Å². The van der Waals surface area contributed by atoms with Gasteiger partial charge < -0.3 is 4.90 Å². The highest BCUT2D eigenvalue weighted by Gasteiger charge is 2.27. The van der Waals surface area contributed by atoms with Crippen LogP contribution in [-0.2, 0) is 6.42 Å². The van der Waals surface area contributed by atoms with Crippen molar-refractivity contribution in [2.24, 2.45) is 0 Å². The molecule has 0 saturated heterocycles. The summed E-state index contributed by atoms with van der Waals surface area (Å²) < 4.78 is 4.25. The second-order valence-corrected chi connectivity index (χ2v) is 5.22. The molecular formula is C13H15N3S. The van der Waals surface area contributed by atoms with E-state index in [-0.39, 0.29) is 0 Å². The maximum absolute atomic E-state index is 4.46. The lowest BCUT2D eigenvalue weighted by Gasteiger charge is -2.24. The van der Waals surface area contributed by atoms with Gasteiger partial charge in [-0.3, -0.25) is 0 Å². The van der Waals surface area contributed by atoms with Gasteiger partial charge in [0.2, 0.25) is 5.13 Å². The molecule has 0 saturated carbocycles. The predicted molar refractivity (Wildman–Crippen MR) is 70.6 cm³/mol. The van der Waals surface area contributed by atoms with Gasteiger partial charge in [0.05, 0.1) is 6.04 Å². The van der Waals surface area contributed by atoms with Crippen LogP contribution in [0.3, 0.4) is 0 Å². The molecule has 3 nitrogen and oxygen atoms in total. The number of aryl methyl sites for hydroxylation is 2. The van der Waals surface area contributed by atoms with E-state index in [0.717, 1.165) is 11.0 Å². The van der Waals surface area contributed by atoms with Crippen LogP contribution in [0.15, 0.2) is 24.3 Å². The van der Waals surface area contributed by atoms with Gasteiger partial charge in [-0.25, -0.2) is 4.98 Å². The molecule has 1 atom stereocenters. The third-order valence-electron chi connectivity index (χ3n) is 3.39. The van der Waals surface area contributed by atoms with Crippen LogP contribution >= 0.6 is 11.5 Å². The van der Waals surface area contributed by atoms with E-state index in [0.29, 0.717) is 6.04 Å². The Bertz CT molecular complexity index is 535. The molecule has 1 aromatic heterocycles. The highest BCUT2D eigenvalue weighted by molar-refractivity contribution is 7.09. The van der Waals surface area contributed by atoms with Gasteiger partial charge in [0.25, 0.3) is 0 Å². The summed E-state index contributed by atoms with van der Waals surface area (Å²) in [6, 6.07) is 9.16. The molecule has 1 unspecified atom stereocenters. The second-order valence-electron chi connectivity index (χ2n) is 4.49. The van der Waals surface area contributed by atoms with Crippen LogP contribution in [-0.4, -0.2) is 16.4 Å². The quantitative estimate of drug-likeness (QED) is 0.814. The van der Waals surface area contributed by atoms with Crippen LogP contribution in [0, 0.1) is 6.92 Å². The molecule has 0 bridgehead atoms. The molecule has 0 aliphatic heterocycles. The third-order valence-corrected chi connectivity index (χ3v) is 4.29. The Balaban J connectivity index is 1.92. The van der Waals surface area contributed by atoms with Crippen LogP contribution < -0.4 is 4.90 Å². The molecule has 1 heterocycles. The number of fused-ring (bicyclic) bond motifs is 1. The number of rotatable bonds is 2. The first-order valence-corrected chi connectivity index (χ1v) is 6.64. The average Bonchev–Trinajstić information content (AvgIpc) is 2.94. The van der Waals surface area contributed by atoms with Gasteiger partial charge in [-0.2, -0.15) is 4.37 Å². The van der Waals surface area contributed by atoms with Crippen LogP contribution in [0.4, 0.5) is 5.13 Å². The number of anilines is 1. The minimum absolute atomic E-state index is 0.457. The number of aromatic nitrogens is 2. The lowest BCUT2D eigenvalue weighted by atomic mass is 10.1. The molecule has 17 heavy (non-hydrogen) atoms. The average molecular weight is 245 g/mol. The van der Waals surface area contributed by atoms with E-state index in [1.165, 1.54) is 35.5 Å². The molecule has 1 aliphatic carbocycles. The summed E-state index contributed by atoms with van der Waals surface area (Å²) in [6.07, 6.45) is 2.34. The highest BCUT2D eigenvalue weighted by atomic mass is 32.1. The van der Waals surface area contributed by atoms with E-state index >= 15 is 0 Å². The Morgan fingerprint density at radius 3 is 2.94 bits per heavy atom. The van der Waals surface area contributed by atoms with Crippen LogP contribution in [0.25, 0.3) is 0 Å². The standard InChI is InChI=1S/C13H15N3S/c1-9-14-13(17-15-9)16(2)12-8-7-10-5-3-4-6-11(10)12/h3-6,12H,7-8H2,1-2H3. The van der Waals surface area contributed by atoms with E-state index in [2.05, 4.69) is 45.6 Å². The lowest BCUT2D eigenvalue weighted by molar-refractivity contribution is 0.660. The van der Waals surface area contributed by atoms with E-state index < -0.39 is 0 Å². The van der Waals surface area contributed by atoms with Gasteiger partial charge in [-0.1, -0.05) is 24.3 Å². The summed E-state index contributed by atoms with van der Waals surface area (Å²) in [5.74, 6) is 0.864. The van der Waals surface area contributed by atoms with Crippen molar-refractivity contribution >= 4 is 16.7 Å². The predicted octanol–water partition coefficient (Wildman–Crippen LogP) is 2.97. The smallest absolute Gasteiger partial charge is 0.205 e. The van der Waals surface area contributed by atoms with E-state index in [1.807, 2.05) is 6.92 Å². The van der Waals surface area contributed by atoms with Crippen molar-refractivity contribution in [2.45, 2.75) is 25.8 Å². The molecule has 2 aromatic rings. The Hall–Kier alpha value is -1.42. The zero-order valence-electron chi connectivity index (χ0n) is 10.1. The number of hydrogen-bond acceptors (Lipinski definition) is 4. The summed E-state index contributed by atoms with van der Waals surface area (Å²) in [6.45, 7) is 1.94. The number of hydrogen-bond donors (Lipinski definition) is 0. The maximum atomic E-state index is 4.46. The Morgan fingerprint density at radius 1 is 1.35 bits per heavy atom. The van der Waals surface area contributed by atoms with Gasteiger partial charge in [-0.05, 0) is 30.9 Å². The van der Waals surface area contributed by atoms with Crippen molar-refractivity contribution < 1.29 is 0 Å². The molecule has 0 amide bonds. The molecule has 1 aliphatic rings. The topological polar surface area (TPSA) is 29.0 Å². The molecule has 0 N–H and O–H groups in total. The summed E-state index contributed by atoms with van der Waals surface area (Å²) in [5, 5.41) is 1.02. The Kier molecular flexibility index (Phi) is 2.59. The van der Waals surface area contributed by atoms with Crippen molar-refractivity contribution in [1.29, 1.82) is 0 Å². The fourth-order valence-corrected chi connectivity index (χ4v) is 3.18. The molecule has 3 rings (SSSR count). The zero-order chi connectivity index (χ0) is 11.8. The van der Waals surface area contributed by atoms with E-state index in [1.54, 1.807) is 0 Å². The Labute approximate surface area is 105 Å². The molecule has 0 radical (unpaired) electrons. The number of nitrogens with zero attached hydrogens (tertiary/aromatic N) is 3. The van der Waals surface area contributed by atoms with Crippen molar-refractivity contribution in [2.75, 3.05) is 11.9 Å². The lowest BCUT2D eigenvalue weighted by Crippen LogP contribution is -2.21. The van der Waals surface area contributed by atoms with Crippen molar-refractivity contribution in [3.8, 4) is 0 Å². The minimum atomic E-state index is 0.457. The van der Waals surface area contributed by atoms with Crippen molar-refractivity contribution in [3.05, 3.63) is 41.2 Å². The minimum Gasteiger partial charge on any atom is -0.343 e. The molecule has 1 aromatic carbocycles. The summed E-state index contributed by atoms with van der Waals surface area (Å²) in [5.41, 5.74) is 2.92. The fourth-order valence-electron chi connectivity index (χ4n) is 2.50. The van der Waals surface area contributed by atoms with Gasteiger partial charge in [0, 0.05) is 18.6 Å². The molecule has 0 fully saturated rings. The SMILES string of the molecule is Cc1nsc(N(C)C2CCc3ccccc32)n1. The number of benzene rings is 1. The second kappa shape index (κ2) is 4.11. The van der Waals surface area contributed by atoms with Crippen molar-refractivity contribution in [1.82, 2.24) is 9.36 Å². The highest BCUT2D eigenvalue weighted by Crippen LogP contribution is 2.37. The fraction of sp³-hybridized carbons (Fsp3) is 0.385. The molecule has 0 spiro atoms. The van der Waals surface area contributed by atoms with E-state index in [4.69, 9.17) is 0 Å². The van der Waals surface area contributed by atoms with Crippen LogP contribution in [0.1, 0.15) is 29.4 Å². The van der Waals surface area contributed by atoms with Crippen LogP contribution in [0.2, 0.25) is 0 Å². The van der Waals surface area contributed by atoms with Gasteiger partial charge in [0.15, 0.2) is 0 Å². The third kappa shape index (κ3) is 1.82. The summed E-state index contributed by atoms with van der Waals surface area (Å²) in [4.78, 5) is 6.72. The van der Waals surface area contributed by atoms with E-state index in [9.17, 15) is 0 Å². The molecular weight excluding hydrogens is 230 g/mol. The molecule has 4 heteroatoms. The van der Waals surface area contributed by atoms with Gasteiger partial charge in [-0.15, -0.1) is 0 Å². The molecule has 88 valence electrons. The summed E-state index contributed by atoms with van der Waals surface area (Å²) in [7, 11) is 2.12. The zero-order valence-corrected chi connectivity index (χ0v) is 10.9. The maximum Gasteiger partial charge on any atom is 0.205 e. The monoisotopic (exact) mass is 245 g/mol. The largest absolute Gasteiger partial charge is 0.343 e. The summed E-state index contributed by atoms with van der Waals surface area (Å²) >= 11 is 1.48. The first-order chi connectivity index (χ1) is 8.25. The normalized spacial score (nSPS) is 18.1. The van der Waals surface area contributed by atoms with Gasteiger partial charge in [0.1, 0.15) is 5.82 Å².